The number of nitrogens with one attached hydrogen (secondary N) is 1. The quantitative estimate of drug-likeness (QED) is 0.623. The smallest absolute Gasteiger partial charge is 0.269 e. The van der Waals surface area contributed by atoms with Crippen LogP contribution in [0.15, 0.2) is 35.1 Å². The maximum absolute atomic E-state index is 14.0. The van der Waals surface area contributed by atoms with Gasteiger partial charge in [-0.3, -0.25) is 9.59 Å². The van der Waals surface area contributed by atoms with Crippen molar-refractivity contribution in [3.05, 3.63) is 80.5 Å². The molecule has 0 radical (unpaired) electrons. The van der Waals surface area contributed by atoms with Crippen molar-refractivity contribution >= 4 is 16.7 Å². The van der Waals surface area contributed by atoms with Crippen LogP contribution in [0.1, 0.15) is 39.6 Å². The van der Waals surface area contributed by atoms with Gasteiger partial charge < -0.3 is 14.6 Å². The van der Waals surface area contributed by atoms with E-state index in [1.54, 1.807) is 0 Å². The predicted molar refractivity (Wildman–Crippen MR) is 100 cm³/mol. The third kappa shape index (κ3) is 3.56. The van der Waals surface area contributed by atoms with E-state index in [1.165, 1.54) is 19.2 Å². The Bertz CT molecular complexity index is 1230. The Balaban J connectivity index is 1.79. The molecule has 1 atom stereocenters. The van der Waals surface area contributed by atoms with Gasteiger partial charge in [0, 0.05) is 23.9 Å². The molecule has 1 aliphatic rings. The molecular weight excluding hydrogens is 423 g/mol. The first-order valence-electron chi connectivity index (χ1n) is 9.15. The Morgan fingerprint density at radius 1 is 1.13 bits per heavy atom. The molecule has 2 aromatic carbocycles. The second kappa shape index (κ2) is 7.77. The number of ether oxygens (including phenoxy) is 1. The minimum atomic E-state index is -3.37. The van der Waals surface area contributed by atoms with E-state index in [2.05, 4.69) is 4.98 Å². The molecule has 2 heterocycles. The highest BCUT2D eigenvalue weighted by atomic mass is 19.3. The molecule has 1 amide bonds. The molecule has 0 fully saturated rings. The largest absolute Gasteiger partial charge is 0.373 e. The number of amides is 1. The van der Waals surface area contributed by atoms with Gasteiger partial charge in [-0.1, -0.05) is 6.07 Å². The third-order valence-corrected chi connectivity index (χ3v) is 5.29. The number of hydrogen-bond acceptors (Lipinski definition) is 3. The molecule has 3 aromatic rings. The minimum absolute atomic E-state index is 0.00611. The van der Waals surface area contributed by atoms with Gasteiger partial charge in [0.05, 0.1) is 30.2 Å². The van der Waals surface area contributed by atoms with Crippen molar-refractivity contribution in [3.8, 4) is 0 Å². The lowest BCUT2D eigenvalue weighted by atomic mass is 9.95. The monoisotopic (exact) mass is 438 g/mol. The number of carbonyl (C=O) groups excluding carboxylic acids is 1. The zero-order valence-corrected chi connectivity index (χ0v) is 16.0. The van der Waals surface area contributed by atoms with E-state index in [-0.39, 0.29) is 18.6 Å². The summed E-state index contributed by atoms with van der Waals surface area (Å²) in [5.41, 5.74) is -1.52. The number of H-pyrrole nitrogens is 1. The van der Waals surface area contributed by atoms with Crippen LogP contribution in [0.4, 0.5) is 22.0 Å². The highest BCUT2D eigenvalue weighted by molar-refractivity contribution is 5.95. The molecule has 1 N–H and O–H groups in total. The first-order valence-corrected chi connectivity index (χ1v) is 9.15. The lowest BCUT2D eigenvalue weighted by Crippen LogP contribution is -2.37. The molecule has 5 nitrogen and oxygen atoms in total. The van der Waals surface area contributed by atoms with Crippen LogP contribution < -0.4 is 5.56 Å². The molecule has 10 heteroatoms. The summed E-state index contributed by atoms with van der Waals surface area (Å²) in [5.74, 6) is -4.52. The summed E-state index contributed by atoms with van der Waals surface area (Å²) < 4.78 is 72.6. The SMILES string of the molecule is CN(C(=O)c1cc(F)c(C(F)F)c(F)c1)C1COCc2[nH]c(=O)c3cc(F)ccc3c21. The Kier molecular flexibility index (Phi) is 5.26. The first-order chi connectivity index (χ1) is 14.7. The van der Waals surface area contributed by atoms with E-state index < -0.39 is 52.5 Å². The first kappa shape index (κ1) is 21.0. The van der Waals surface area contributed by atoms with Crippen LogP contribution in [0.3, 0.4) is 0 Å². The van der Waals surface area contributed by atoms with Gasteiger partial charge in [-0.25, -0.2) is 22.0 Å². The van der Waals surface area contributed by atoms with E-state index in [0.29, 0.717) is 28.8 Å². The lowest BCUT2D eigenvalue weighted by Gasteiger charge is -2.34. The van der Waals surface area contributed by atoms with Gasteiger partial charge in [-0.2, -0.15) is 0 Å². The normalized spacial score (nSPS) is 15.9. The Morgan fingerprint density at radius 3 is 2.45 bits per heavy atom. The van der Waals surface area contributed by atoms with Gasteiger partial charge in [-0.15, -0.1) is 0 Å². The van der Waals surface area contributed by atoms with Crippen LogP contribution in [0.2, 0.25) is 0 Å². The molecule has 0 aliphatic carbocycles. The average molecular weight is 438 g/mol. The summed E-state index contributed by atoms with van der Waals surface area (Å²) in [4.78, 5) is 29.0. The molecule has 0 saturated heterocycles. The summed E-state index contributed by atoms with van der Waals surface area (Å²) >= 11 is 0. The zero-order chi connectivity index (χ0) is 22.4. The van der Waals surface area contributed by atoms with Crippen molar-refractivity contribution in [2.75, 3.05) is 13.7 Å². The van der Waals surface area contributed by atoms with E-state index in [9.17, 15) is 31.5 Å². The van der Waals surface area contributed by atoms with E-state index >= 15 is 0 Å². The molecule has 1 aromatic heterocycles. The van der Waals surface area contributed by atoms with Crippen molar-refractivity contribution in [1.29, 1.82) is 0 Å². The number of alkyl halides is 2. The number of rotatable bonds is 3. The fourth-order valence-corrected chi connectivity index (χ4v) is 3.79. The van der Waals surface area contributed by atoms with Gasteiger partial charge >= 0.3 is 0 Å². The minimum Gasteiger partial charge on any atom is -0.373 e. The summed E-state index contributed by atoms with van der Waals surface area (Å²) in [5, 5.41) is 0.475. The number of pyridine rings is 1. The molecule has 4 rings (SSSR count). The molecule has 1 unspecified atom stereocenters. The number of benzene rings is 2. The zero-order valence-electron chi connectivity index (χ0n) is 16.0. The molecule has 0 spiro atoms. The van der Waals surface area contributed by atoms with E-state index in [4.69, 9.17) is 4.74 Å². The second-order valence-electron chi connectivity index (χ2n) is 7.14. The number of aromatic nitrogens is 1. The highest BCUT2D eigenvalue weighted by Crippen LogP contribution is 2.34. The average Bonchev–Trinajstić information content (AvgIpc) is 2.71. The lowest BCUT2D eigenvalue weighted by molar-refractivity contribution is 0.0335. The number of likely N-dealkylation sites (N-methyl/N-ethyl adjacent to an activating group) is 1. The number of carbonyl (C=O) groups is 1. The van der Waals surface area contributed by atoms with Gasteiger partial charge in [0.25, 0.3) is 17.9 Å². The summed E-state index contributed by atoms with van der Waals surface area (Å²) in [6.45, 7) is 0.0383. The van der Waals surface area contributed by atoms with Crippen LogP contribution in [-0.2, 0) is 11.3 Å². The van der Waals surface area contributed by atoms with Crippen molar-refractivity contribution in [2.45, 2.75) is 19.1 Å². The highest BCUT2D eigenvalue weighted by Gasteiger charge is 2.32. The number of nitrogens with zero attached hydrogens (tertiary/aromatic N) is 1. The maximum Gasteiger partial charge on any atom is 0.269 e. The summed E-state index contributed by atoms with van der Waals surface area (Å²) in [6, 6.07) is 3.96. The number of hydrogen-bond donors (Lipinski definition) is 1. The fraction of sp³-hybridized carbons (Fsp3) is 0.238. The van der Waals surface area contributed by atoms with Crippen molar-refractivity contribution in [2.24, 2.45) is 0 Å². The Morgan fingerprint density at radius 2 is 1.81 bits per heavy atom. The molecule has 0 saturated carbocycles. The molecule has 31 heavy (non-hydrogen) atoms. The summed E-state index contributed by atoms with van der Waals surface area (Å²) in [6.07, 6.45) is -3.37. The van der Waals surface area contributed by atoms with Gasteiger partial charge in [0.15, 0.2) is 0 Å². The van der Waals surface area contributed by atoms with E-state index in [1.807, 2.05) is 0 Å². The molecule has 0 bridgehead atoms. The van der Waals surface area contributed by atoms with Crippen molar-refractivity contribution < 1.29 is 31.5 Å². The van der Waals surface area contributed by atoms with Crippen molar-refractivity contribution in [3.63, 3.8) is 0 Å². The van der Waals surface area contributed by atoms with Gasteiger partial charge in [0.1, 0.15) is 17.5 Å². The maximum atomic E-state index is 14.0. The van der Waals surface area contributed by atoms with E-state index in [0.717, 1.165) is 11.0 Å². The van der Waals surface area contributed by atoms with Gasteiger partial charge in [-0.05, 0) is 29.7 Å². The molecule has 162 valence electrons. The van der Waals surface area contributed by atoms with Crippen LogP contribution in [0.25, 0.3) is 10.8 Å². The Hall–Kier alpha value is -3.27. The van der Waals surface area contributed by atoms with Crippen LogP contribution >= 0.6 is 0 Å². The Labute approximate surface area is 172 Å². The summed E-state index contributed by atoms with van der Waals surface area (Å²) in [7, 11) is 1.35. The third-order valence-electron chi connectivity index (χ3n) is 5.29. The fourth-order valence-electron chi connectivity index (χ4n) is 3.79. The number of fused-ring (bicyclic) bond motifs is 3. The topological polar surface area (TPSA) is 62.4 Å². The molecular formula is C21H15F5N2O3. The van der Waals surface area contributed by atoms with Crippen LogP contribution in [-0.4, -0.2) is 29.4 Å². The van der Waals surface area contributed by atoms with Crippen molar-refractivity contribution in [1.82, 2.24) is 9.88 Å². The second-order valence-corrected chi connectivity index (χ2v) is 7.14. The van der Waals surface area contributed by atoms with Crippen LogP contribution in [0.5, 0.6) is 0 Å². The predicted octanol–water partition coefficient (Wildman–Crippen LogP) is 4.23. The standard InChI is InChI=1S/C21H15F5N2O3/c1-28(21(30)9-4-13(23)18(19(25)26)14(24)5-9)16-8-31-7-15-17(16)11-3-2-10(22)6-12(11)20(29)27-15/h2-6,16,19H,7-8H2,1H3,(H,27,29). The van der Waals surface area contributed by atoms with Gasteiger partial charge in [0.2, 0.25) is 0 Å². The number of aromatic amines is 1. The van der Waals surface area contributed by atoms with Crippen LogP contribution in [0, 0.1) is 17.5 Å². The molecule has 1 aliphatic heterocycles. The number of halogens is 5.